The predicted octanol–water partition coefficient (Wildman–Crippen LogP) is 3.93. The van der Waals surface area contributed by atoms with Gasteiger partial charge in [0.15, 0.2) is 10.6 Å². The van der Waals surface area contributed by atoms with Gasteiger partial charge in [0.25, 0.3) is 5.91 Å². The minimum absolute atomic E-state index is 0.0538. The number of thiazole rings is 1. The summed E-state index contributed by atoms with van der Waals surface area (Å²) in [5.74, 6) is 2.11. The quantitative estimate of drug-likeness (QED) is 0.519. The zero-order chi connectivity index (χ0) is 18.0. The van der Waals surface area contributed by atoms with Crippen molar-refractivity contribution in [3.63, 3.8) is 0 Å². The summed E-state index contributed by atoms with van der Waals surface area (Å²) in [5.41, 5.74) is 1.72. The van der Waals surface area contributed by atoms with Crippen LogP contribution in [0.15, 0.2) is 47.5 Å². The molecule has 1 amide bonds. The van der Waals surface area contributed by atoms with Gasteiger partial charge in [-0.25, -0.2) is 0 Å². The van der Waals surface area contributed by atoms with Gasteiger partial charge in [-0.1, -0.05) is 47.1 Å². The van der Waals surface area contributed by atoms with E-state index in [1.807, 2.05) is 12.1 Å². The highest BCUT2D eigenvalue weighted by Crippen LogP contribution is 2.25. The van der Waals surface area contributed by atoms with E-state index in [4.69, 9.17) is 18.0 Å². The first kappa shape index (κ1) is 17.2. The molecule has 0 aliphatic carbocycles. The highest BCUT2D eigenvalue weighted by molar-refractivity contribution is 7.16. The molecule has 0 spiro atoms. The summed E-state index contributed by atoms with van der Waals surface area (Å²) in [6.45, 7) is 1.74. The number of hydrogen-bond donors (Lipinski definition) is 0. The third kappa shape index (κ3) is 3.41. The summed E-state index contributed by atoms with van der Waals surface area (Å²) >= 11 is 7.62. The summed E-state index contributed by atoms with van der Waals surface area (Å²) in [4.78, 5) is 28.5. The molecule has 0 bridgehead atoms. The number of rotatable bonds is 3. The summed E-state index contributed by atoms with van der Waals surface area (Å²) < 4.78 is 2.66. The van der Waals surface area contributed by atoms with Gasteiger partial charge in [0.2, 0.25) is 0 Å². The molecule has 0 aliphatic rings. The fraction of sp³-hybridized carbons (Fsp3) is 0.105. The molecule has 0 atom stereocenters. The van der Waals surface area contributed by atoms with Gasteiger partial charge in [-0.3, -0.25) is 9.59 Å². The van der Waals surface area contributed by atoms with Crippen LogP contribution in [-0.2, 0) is 6.54 Å². The summed E-state index contributed by atoms with van der Waals surface area (Å²) in [6, 6.07) is 11.9. The van der Waals surface area contributed by atoms with Gasteiger partial charge in [0, 0.05) is 11.1 Å². The van der Waals surface area contributed by atoms with Crippen LogP contribution in [0, 0.1) is 12.3 Å². The Hall–Kier alpha value is -2.68. The maximum absolute atomic E-state index is 12.5. The fourth-order valence-corrected chi connectivity index (χ4v) is 3.80. The van der Waals surface area contributed by atoms with Crippen molar-refractivity contribution in [3.8, 4) is 12.3 Å². The molecule has 1 heterocycles. The lowest BCUT2D eigenvalue weighted by Gasteiger charge is -2.01. The van der Waals surface area contributed by atoms with E-state index >= 15 is 0 Å². The van der Waals surface area contributed by atoms with Crippen LogP contribution < -0.4 is 4.80 Å². The Balaban J connectivity index is 2.10. The van der Waals surface area contributed by atoms with E-state index in [1.165, 1.54) is 18.3 Å². The lowest BCUT2D eigenvalue weighted by Crippen LogP contribution is -2.16. The van der Waals surface area contributed by atoms with Gasteiger partial charge in [0.1, 0.15) is 0 Å². The molecule has 6 heteroatoms. The molecule has 3 aromatic rings. The largest absolute Gasteiger partial charge is 0.303 e. The number of nitrogens with zero attached hydrogens (tertiary/aromatic N) is 2. The van der Waals surface area contributed by atoms with Crippen LogP contribution in [0.2, 0.25) is 5.02 Å². The lowest BCUT2D eigenvalue weighted by molar-refractivity contribution is 0.0991. The number of hydrogen-bond acceptors (Lipinski definition) is 3. The van der Waals surface area contributed by atoms with E-state index in [2.05, 4.69) is 10.9 Å². The summed E-state index contributed by atoms with van der Waals surface area (Å²) in [5, 5.41) is 0.559. The molecule has 124 valence electrons. The molecule has 1 aromatic heterocycles. The van der Waals surface area contributed by atoms with Crippen LogP contribution in [0.25, 0.3) is 10.2 Å². The van der Waals surface area contributed by atoms with Gasteiger partial charge >= 0.3 is 0 Å². The smallest absolute Gasteiger partial charge is 0.279 e. The Kier molecular flexibility index (Phi) is 4.84. The number of Topliss-reactive ketones (excluding diaryl/α,β-unsaturated/α-hetero) is 1. The number of ketones is 1. The van der Waals surface area contributed by atoms with Crippen molar-refractivity contribution in [2.45, 2.75) is 13.5 Å². The molecular formula is C19H13ClN2O2S. The monoisotopic (exact) mass is 368 g/mol. The minimum atomic E-state index is -0.399. The van der Waals surface area contributed by atoms with Crippen LogP contribution in [0.5, 0.6) is 0 Å². The van der Waals surface area contributed by atoms with Crippen molar-refractivity contribution in [3.05, 3.63) is 63.4 Å². The Morgan fingerprint density at radius 1 is 1.20 bits per heavy atom. The number of carbonyl (C=O) groups is 2. The van der Waals surface area contributed by atoms with Crippen LogP contribution in [0.1, 0.15) is 27.6 Å². The number of aromatic nitrogens is 1. The second kappa shape index (κ2) is 7.06. The van der Waals surface area contributed by atoms with Crippen LogP contribution >= 0.6 is 22.9 Å². The molecule has 25 heavy (non-hydrogen) atoms. The van der Waals surface area contributed by atoms with Gasteiger partial charge in [0.05, 0.1) is 21.8 Å². The molecule has 0 fully saturated rings. The van der Waals surface area contributed by atoms with Crippen LogP contribution in [0.3, 0.4) is 0 Å². The molecule has 0 unspecified atom stereocenters. The van der Waals surface area contributed by atoms with Crippen molar-refractivity contribution in [1.29, 1.82) is 0 Å². The molecule has 0 aliphatic heterocycles. The number of terminal acetylenes is 1. The van der Waals surface area contributed by atoms with E-state index < -0.39 is 5.91 Å². The number of halogens is 1. The average Bonchev–Trinajstić information content (AvgIpc) is 2.94. The standard InChI is InChI=1S/C19H13ClN2O2S/c1-3-11-22-17-15(20)5-4-6-16(17)25-19(22)21-18(24)14-9-7-13(8-10-14)12(2)23/h1,4-10H,11H2,2H3. The van der Waals surface area contributed by atoms with E-state index in [0.717, 1.165) is 10.2 Å². The van der Waals surface area contributed by atoms with Crippen LogP contribution in [-0.4, -0.2) is 16.3 Å². The van der Waals surface area contributed by atoms with Crippen molar-refractivity contribution in [1.82, 2.24) is 4.57 Å². The molecule has 0 saturated carbocycles. The number of benzene rings is 2. The zero-order valence-electron chi connectivity index (χ0n) is 13.3. The topological polar surface area (TPSA) is 51.4 Å². The maximum atomic E-state index is 12.5. The maximum Gasteiger partial charge on any atom is 0.279 e. The first-order chi connectivity index (χ1) is 12.0. The first-order valence-corrected chi connectivity index (χ1v) is 8.62. The molecular weight excluding hydrogens is 356 g/mol. The highest BCUT2D eigenvalue weighted by atomic mass is 35.5. The zero-order valence-corrected chi connectivity index (χ0v) is 14.9. The molecule has 2 aromatic carbocycles. The second-order valence-electron chi connectivity index (χ2n) is 5.31. The van der Waals surface area contributed by atoms with Gasteiger partial charge in [-0.2, -0.15) is 4.99 Å². The number of para-hydroxylation sites is 1. The van der Waals surface area contributed by atoms with Crippen molar-refractivity contribution < 1.29 is 9.59 Å². The van der Waals surface area contributed by atoms with E-state index in [-0.39, 0.29) is 12.3 Å². The normalized spacial score (nSPS) is 11.5. The fourth-order valence-electron chi connectivity index (χ4n) is 2.41. The lowest BCUT2D eigenvalue weighted by atomic mass is 10.1. The second-order valence-corrected chi connectivity index (χ2v) is 6.73. The Morgan fingerprint density at radius 2 is 1.88 bits per heavy atom. The van der Waals surface area contributed by atoms with Crippen molar-refractivity contribution >= 4 is 44.8 Å². The predicted molar refractivity (Wildman–Crippen MR) is 100.0 cm³/mol. The summed E-state index contributed by atoms with van der Waals surface area (Å²) in [6.07, 6.45) is 5.45. The average molecular weight is 369 g/mol. The molecule has 0 N–H and O–H groups in total. The van der Waals surface area contributed by atoms with E-state index in [1.54, 1.807) is 34.9 Å². The summed E-state index contributed by atoms with van der Waals surface area (Å²) in [7, 11) is 0. The molecule has 4 nitrogen and oxygen atoms in total. The third-order valence-electron chi connectivity index (χ3n) is 3.64. The van der Waals surface area contributed by atoms with E-state index in [9.17, 15) is 9.59 Å². The van der Waals surface area contributed by atoms with Gasteiger partial charge < -0.3 is 4.57 Å². The van der Waals surface area contributed by atoms with Crippen molar-refractivity contribution in [2.24, 2.45) is 4.99 Å². The number of amides is 1. The molecule has 0 radical (unpaired) electrons. The van der Waals surface area contributed by atoms with Crippen LogP contribution in [0.4, 0.5) is 0 Å². The van der Waals surface area contributed by atoms with Crippen molar-refractivity contribution in [2.75, 3.05) is 0 Å². The Labute approximate surface area is 153 Å². The molecule has 3 rings (SSSR count). The SMILES string of the molecule is C#CCn1c(=NC(=O)c2ccc(C(C)=O)cc2)sc2cccc(Cl)c21. The van der Waals surface area contributed by atoms with Gasteiger partial charge in [-0.15, -0.1) is 6.42 Å². The Morgan fingerprint density at radius 3 is 2.52 bits per heavy atom. The Bertz CT molecular complexity index is 1090. The number of fused-ring (bicyclic) bond motifs is 1. The first-order valence-electron chi connectivity index (χ1n) is 7.42. The van der Waals surface area contributed by atoms with E-state index in [0.29, 0.717) is 21.0 Å². The minimum Gasteiger partial charge on any atom is -0.303 e. The van der Waals surface area contributed by atoms with Gasteiger partial charge in [-0.05, 0) is 31.2 Å². The highest BCUT2D eigenvalue weighted by Gasteiger charge is 2.11. The number of carbonyl (C=O) groups excluding carboxylic acids is 2. The third-order valence-corrected chi connectivity index (χ3v) is 4.99. The molecule has 0 saturated heterocycles.